The summed E-state index contributed by atoms with van der Waals surface area (Å²) < 4.78 is 7.87. The van der Waals surface area contributed by atoms with Gasteiger partial charge in [0, 0.05) is 36.4 Å². The fourth-order valence-electron chi connectivity index (χ4n) is 5.54. The van der Waals surface area contributed by atoms with Crippen LogP contribution in [0, 0.1) is 23.2 Å². The molecule has 0 bridgehead atoms. The molecule has 0 radical (unpaired) electrons. The maximum atomic E-state index is 12.3. The predicted molar refractivity (Wildman–Crippen MR) is 143 cm³/mol. The highest BCUT2D eigenvalue weighted by atomic mass is 16.6. The fraction of sp³-hybridized carbons (Fsp3) is 0.467. The van der Waals surface area contributed by atoms with Gasteiger partial charge in [0.1, 0.15) is 12.2 Å². The lowest BCUT2D eigenvalue weighted by Gasteiger charge is -2.29. The third-order valence-corrected chi connectivity index (χ3v) is 8.00. The molecule has 2 heterocycles. The summed E-state index contributed by atoms with van der Waals surface area (Å²) in [5, 5.41) is 14.1. The van der Waals surface area contributed by atoms with Crippen molar-refractivity contribution in [1.82, 2.24) is 4.57 Å². The average Bonchev–Trinajstić information content (AvgIpc) is 3.82. The molecule has 1 atom stereocenters. The molecule has 6 rings (SSSR count). The molecule has 2 aromatic carbocycles. The van der Waals surface area contributed by atoms with E-state index in [4.69, 9.17) is 4.74 Å². The number of carbonyl (C=O) groups is 1. The standard InChI is InChI=1S/C30H34N4O2/c1-20(22-7-8-22)36-30(35)32-24-11-9-23(10-12-24)29-27(18-31)26-14-13-25(33-15-3-2-4-16-33)17-28(26)34(29)19-21-5-6-21/h9-14,17,20-22H,2-8,15-16,19H2,1H3,(H,32,35)/t20-/m1/s1. The summed E-state index contributed by atoms with van der Waals surface area (Å²) in [4.78, 5) is 14.8. The minimum atomic E-state index is -0.409. The van der Waals surface area contributed by atoms with Crippen molar-refractivity contribution in [1.29, 1.82) is 5.26 Å². The molecule has 3 aromatic rings. The van der Waals surface area contributed by atoms with E-state index in [1.54, 1.807) is 0 Å². The van der Waals surface area contributed by atoms with E-state index in [1.807, 2.05) is 31.2 Å². The summed E-state index contributed by atoms with van der Waals surface area (Å²) in [5.74, 6) is 1.18. The third-order valence-electron chi connectivity index (χ3n) is 8.00. The minimum absolute atomic E-state index is 0.0459. The molecule has 1 amide bonds. The Morgan fingerprint density at radius 3 is 2.50 bits per heavy atom. The number of nitrogens with zero attached hydrogens (tertiary/aromatic N) is 3. The Morgan fingerprint density at radius 2 is 1.83 bits per heavy atom. The van der Waals surface area contributed by atoms with E-state index < -0.39 is 6.09 Å². The number of nitriles is 1. The quantitative estimate of drug-likeness (QED) is 0.396. The zero-order valence-corrected chi connectivity index (χ0v) is 21.0. The number of ether oxygens (including phenoxy) is 1. The largest absolute Gasteiger partial charge is 0.446 e. The van der Waals surface area contributed by atoms with Crippen molar-refractivity contribution >= 4 is 28.4 Å². The number of hydrogen-bond donors (Lipinski definition) is 1. The van der Waals surface area contributed by atoms with Gasteiger partial charge in [-0.2, -0.15) is 5.26 Å². The SMILES string of the molecule is C[C@@H](OC(=O)Nc1ccc(-c2c(C#N)c3ccc(N4CCCCC4)cc3n2CC2CC2)cc1)C1CC1. The van der Waals surface area contributed by atoms with E-state index in [1.165, 1.54) is 37.8 Å². The molecule has 1 aliphatic heterocycles. The highest BCUT2D eigenvalue weighted by Gasteiger charge is 2.31. The molecular formula is C30H34N4O2. The van der Waals surface area contributed by atoms with Gasteiger partial charge in [0.05, 0.1) is 16.8 Å². The van der Waals surface area contributed by atoms with Gasteiger partial charge in [-0.1, -0.05) is 12.1 Å². The second-order valence-electron chi connectivity index (χ2n) is 10.8. The Bertz CT molecular complexity index is 1310. The molecular weight excluding hydrogens is 448 g/mol. The number of anilines is 2. The number of aromatic nitrogens is 1. The molecule has 186 valence electrons. The second-order valence-corrected chi connectivity index (χ2v) is 10.8. The third kappa shape index (κ3) is 4.67. The van der Waals surface area contributed by atoms with Gasteiger partial charge in [-0.05, 0) is 99.6 Å². The van der Waals surface area contributed by atoms with E-state index >= 15 is 0 Å². The number of amides is 1. The number of fused-ring (bicyclic) bond motifs is 1. The first kappa shape index (κ1) is 23.0. The smallest absolute Gasteiger partial charge is 0.411 e. The summed E-state index contributed by atoms with van der Waals surface area (Å²) in [7, 11) is 0. The molecule has 1 N–H and O–H groups in total. The van der Waals surface area contributed by atoms with Crippen molar-refractivity contribution in [2.75, 3.05) is 23.3 Å². The Morgan fingerprint density at radius 1 is 1.08 bits per heavy atom. The molecule has 0 spiro atoms. The highest BCUT2D eigenvalue weighted by Crippen LogP contribution is 2.40. The first-order chi connectivity index (χ1) is 17.6. The van der Waals surface area contributed by atoms with E-state index in [9.17, 15) is 10.1 Å². The topological polar surface area (TPSA) is 70.3 Å². The van der Waals surface area contributed by atoms with Crippen molar-refractivity contribution in [2.24, 2.45) is 11.8 Å². The molecule has 1 aromatic heterocycles. The molecule has 6 heteroatoms. The van der Waals surface area contributed by atoms with E-state index in [0.29, 0.717) is 17.5 Å². The summed E-state index contributed by atoms with van der Waals surface area (Å²) in [5.41, 5.74) is 5.80. The van der Waals surface area contributed by atoms with Gasteiger partial charge in [-0.25, -0.2) is 4.79 Å². The molecule has 6 nitrogen and oxygen atoms in total. The van der Waals surface area contributed by atoms with Crippen LogP contribution in [0.2, 0.25) is 0 Å². The monoisotopic (exact) mass is 482 g/mol. The van der Waals surface area contributed by atoms with Gasteiger partial charge in [0.15, 0.2) is 0 Å². The van der Waals surface area contributed by atoms with Crippen molar-refractivity contribution in [3.8, 4) is 17.3 Å². The summed E-state index contributed by atoms with van der Waals surface area (Å²) in [6.45, 7) is 5.09. The summed E-state index contributed by atoms with van der Waals surface area (Å²) >= 11 is 0. The van der Waals surface area contributed by atoms with Gasteiger partial charge in [-0.3, -0.25) is 5.32 Å². The van der Waals surface area contributed by atoms with Crippen LogP contribution in [0.25, 0.3) is 22.2 Å². The van der Waals surface area contributed by atoms with Crippen LogP contribution in [0.4, 0.5) is 16.2 Å². The maximum absolute atomic E-state index is 12.3. The maximum Gasteiger partial charge on any atom is 0.411 e. The molecule has 2 saturated carbocycles. The summed E-state index contributed by atoms with van der Waals surface area (Å²) in [6, 6.07) is 16.9. The number of piperidine rings is 1. The van der Waals surface area contributed by atoms with Crippen molar-refractivity contribution in [3.63, 3.8) is 0 Å². The molecule has 3 fully saturated rings. The Balaban J connectivity index is 1.32. The Kier molecular flexibility index (Phi) is 6.08. The Hall–Kier alpha value is -3.46. The van der Waals surface area contributed by atoms with Crippen LogP contribution in [0.1, 0.15) is 57.4 Å². The van der Waals surface area contributed by atoms with E-state index in [2.05, 4.69) is 39.1 Å². The highest BCUT2D eigenvalue weighted by molar-refractivity contribution is 5.96. The first-order valence-electron chi connectivity index (χ1n) is 13.5. The van der Waals surface area contributed by atoms with Gasteiger partial charge >= 0.3 is 6.09 Å². The number of hydrogen-bond acceptors (Lipinski definition) is 4. The van der Waals surface area contributed by atoms with Crippen LogP contribution in [0.5, 0.6) is 0 Å². The van der Waals surface area contributed by atoms with Crippen molar-refractivity contribution < 1.29 is 9.53 Å². The van der Waals surface area contributed by atoms with Crippen LogP contribution >= 0.6 is 0 Å². The van der Waals surface area contributed by atoms with Gasteiger partial charge in [0.25, 0.3) is 0 Å². The van der Waals surface area contributed by atoms with Crippen molar-refractivity contribution in [3.05, 3.63) is 48.0 Å². The second kappa shape index (κ2) is 9.54. The predicted octanol–water partition coefficient (Wildman–Crippen LogP) is 6.93. The van der Waals surface area contributed by atoms with Crippen LogP contribution in [-0.4, -0.2) is 29.9 Å². The lowest BCUT2D eigenvalue weighted by molar-refractivity contribution is 0.108. The normalized spacial score (nSPS) is 18.6. The lowest BCUT2D eigenvalue weighted by atomic mass is 10.0. The van der Waals surface area contributed by atoms with Crippen LogP contribution in [-0.2, 0) is 11.3 Å². The van der Waals surface area contributed by atoms with E-state index in [0.717, 1.165) is 60.2 Å². The average molecular weight is 483 g/mol. The zero-order valence-electron chi connectivity index (χ0n) is 21.0. The van der Waals surface area contributed by atoms with Gasteiger partial charge in [-0.15, -0.1) is 0 Å². The van der Waals surface area contributed by atoms with Crippen LogP contribution in [0.3, 0.4) is 0 Å². The molecule has 0 unspecified atom stereocenters. The van der Waals surface area contributed by atoms with Gasteiger partial charge in [0.2, 0.25) is 0 Å². The van der Waals surface area contributed by atoms with Crippen LogP contribution < -0.4 is 10.2 Å². The van der Waals surface area contributed by atoms with E-state index in [-0.39, 0.29) is 6.10 Å². The fourth-order valence-corrected chi connectivity index (χ4v) is 5.54. The molecule has 36 heavy (non-hydrogen) atoms. The number of benzene rings is 2. The Labute approximate surface area is 212 Å². The number of carbonyl (C=O) groups excluding carboxylic acids is 1. The zero-order chi connectivity index (χ0) is 24.6. The van der Waals surface area contributed by atoms with Crippen molar-refractivity contribution in [2.45, 2.75) is 64.5 Å². The summed E-state index contributed by atoms with van der Waals surface area (Å²) in [6.07, 6.45) is 8.10. The van der Waals surface area contributed by atoms with Gasteiger partial charge < -0.3 is 14.2 Å². The molecule has 3 aliphatic rings. The first-order valence-corrected chi connectivity index (χ1v) is 13.5. The lowest BCUT2D eigenvalue weighted by Crippen LogP contribution is -2.29. The minimum Gasteiger partial charge on any atom is -0.446 e. The van der Waals surface area contributed by atoms with Crippen LogP contribution in [0.15, 0.2) is 42.5 Å². The number of rotatable bonds is 7. The number of nitrogens with one attached hydrogen (secondary N) is 1. The molecule has 2 aliphatic carbocycles. The molecule has 1 saturated heterocycles.